The van der Waals surface area contributed by atoms with Crippen molar-refractivity contribution in [2.24, 2.45) is 0 Å². The van der Waals surface area contributed by atoms with Crippen LogP contribution in [0.3, 0.4) is 0 Å². The van der Waals surface area contributed by atoms with Gasteiger partial charge in [0.05, 0.1) is 0 Å². The van der Waals surface area contributed by atoms with Gasteiger partial charge in [0.25, 0.3) is 0 Å². The van der Waals surface area contributed by atoms with E-state index in [4.69, 9.17) is 0 Å². The summed E-state index contributed by atoms with van der Waals surface area (Å²) < 4.78 is 0. The molecule has 3 radical (unpaired) electrons. The molecule has 0 bridgehead atoms. The van der Waals surface area contributed by atoms with Crippen LogP contribution >= 0.6 is 0 Å². The highest BCUT2D eigenvalue weighted by atomic mass is 13.8. The van der Waals surface area contributed by atoms with Crippen molar-refractivity contribution in [1.82, 2.24) is 0 Å². The molecule has 0 heteroatoms. The van der Waals surface area contributed by atoms with E-state index in [9.17, 15) is 0 Å². The Morgan fingerprint density at radius 1 is 1.33 bits per heavy atom. The number of hydrogen-bond acceptors (Lipinski definition) is 0. The van der Waals surface area contributed by atoms with E-state index < -0.39 is 0 Å². The lowest BCUT2D eigenvalue weighted by Crippen LogP contribution is -1.70. The minimum Gasteiger partial charge on any atom is -0.0622 e. The fourth-order valence-corrected chi connectivity index (χ4v) is 0.272. The van der Waals surface area contributed by atoms with Gasteiger partial charge in [-0.3, -0.25) is 0 Å². The van der Waals surface area contributed by atoms with Gasteiger partial charge in [0.2, 0.25) is 0 Å². The van der Waals surface area contributed by atoms with Crippen molar-refractivity contribution in [1.29, 1.82) is 0 Å². The second kappa shape index (κ2) is 5.00. The molecule has 6 heavy (non-hydrogen) atoms. The van der Waals surface area contributed by atoms with Crippen molar-refractivity contribution in [3.8, 4) is 0 Å². The van der Waals surface area contributed by atoms with Crippen molar-refractivity contribution in [2.45, 2.75) is 20.3 Å². The van der Waals surface area contributed by atoms with Crippen molar-refractivity contribution in [3.63, 3.8) is 0 Å². The first-order valence-electron chi connectivity index (χ1n) is 2.30. The fraction of sp³-hybridized carbons (Fsp3) is 0.500. The highest BCUT2D eigenvalue weighted by Crippen LogP contribution is 1.91. The van der Waals surface area contributed by atoms with Gasteiger partial charge >= 0.3 is 0 Å². The van der Waals surface area contributed by atoms with Crippen LogP contribution in [0.25, 0.3) is 0 Å². The van der Waals surface area contributed by atoms with Crippen LogP contribution in [0.2, 0.25) is 0 Å². The third-order valence-corrected chi connectivity index (χ3v) is 0.607. The highest BCUT2D eigenvalue weighted by molar-refractivity contribution is 4.82. The van der Waals surface area contributed by atoms with Gasteiger partial charge < -0.3 is 0 Å². The van der Waals surface area contributed by atoms with Crippen molar-refractivity contribution >= 4 is 0 Å². The molecule has 35 valence electrons. The first-order valence-corrected chi connectivity index (χ1v) is 2.30. The number of hydrogen-bond donors (Lipinski definition) is 0. The molecule has 0 heterocycles. The Balaban J connectivity index is 2.34. The lowest BCUT2D eigenvalue weighted by Gasteiger charge is -1.84. The second-order valence-electron chi connectivity index (χ2n) is 1.21. The Morgan fingerprint density at radius 3 is 2.17 bits per heavy atom. The Bertz CT molecular complexity index is 12.0. The van der Waals surface area contributed by atoms with E-state index in [2.05, 4.69) is 26.2 Å². The van der Waals surface area contributed by atoms with Gasteiger partial charge in [-0.05, 0) is 25.7 Å². The molecule has 0 saturated carbocycles. The largest absolute Gasteiger partial charge is 0.0622 e. The molecule has 0 aromatic carbocycles. The van der Waals surface area contributed by atoms with E-state index in [1.807, 2.05) is 6.92 Å². The van der Waals surface area contributed by atoms with E-state index in [0.717, 1.165) is 6.42 Å². The molecule has 0 aliphatic heterocycles. The molecule has 0 nitrogen and oxygen atoms in total. The molecule has 0 aliphatic rings. The van der Waals surface area contributed by atoms with Crippen LogP contribution < -0.4 is 0 Å². The van der Waals surface area contributed by atoms with Crippen LogP contribution in [0.1, 0.15) is 20.3 Å². The summed E-state index contributed by atoms with van der Waals surface area (Å²) >= 11 is 0. The average molecular weight is 83.2 g/mol. The fourth-order valence-electron chi connectivity index (χ4n) is 0.272. The molecule has 0 amide bonds. The van der Waals surface area contributed by atoms with E-state index >= 15 is 0 Å². The molecule has 0 rings (SSSR count). The van der Waals surface area contributed by atoms with Crippen LogP contribution in [0.4, 0.5) is 0 Å². The van der Waals surface area contributed by atoms with Gasteiger partial charge in [-0.15, -0.1) is 0 Å². The average Bonchev–Trinajstić information content (AvgIpc) is 1.61. The zero-order chi connectivity index (χ0) is 4.83. The smallest absolute Gasteiger partial charge is 0.0352 e. The predicted molar refractivity (Wildman–Crippen MR) is 28.9 cm³/mol. The quantitative estimate of drug-likeness (QED) is 0.458. The maximum Gasteiger partial charge on any atom is -0.0352 e. The van der Waals surface area contributed by atoms with Crippen LogP contribution in [0, 0.1) is 19.3 Å². The summed E-state index contributed by atoms with van der Waals surface area (Å²) in [5.41, 5.74) is 0. The Kier molecular flexibility index (Phi) is 5.00. The summed E-state index contributed by atoms with van der Waals surface area (Å²) in [6, 6.07) is 0. The lowest BCUT2D eigenvalue weighted by atomic mass is 10.2. The molecule has 0 atom stereocenters. The molecule has 0 unspecified atom stereocenters. The van der Waals surface area contributed by atoms with Gasteiger partial charge in [0.1, 0.15) is 0 Å². The first-order chi connectivity index (χ1) is 2.91. The number of unbranched alkanes of at least 4 members (excludes halogenated alkanes) is 3. The van der Waals surface area contributed by atoms with Crippen LogP contribution in [-0.4, -0.2) is 0 Å². The first kappa shape index (κ1) is 6.00. The summed E-state index contributed by atoms with van der Waals surface area (Å²) in [5, 5.41) is 0. The Morgan fingerprint density at radius 2 is 2.00 bits per heavy atom. The zero-order valence-electron chi connectivity index (χ0n) is 4.44. The number of rotatable bonds is 3. The zero-order valence-corrected chi connectivity index (χ0v) is 4.44. The van der Waals surface area contributed by atoms with E-state index in [1.54, 1.807) is 0 Å². The summed E-state index contributed by atoms with van der Waals surface area (Å²) in [7, 11) is 0. The molecule has 0 aromatic rings. The normalized spacial score (nSPS) is 9.00. The minimum atomic E-state index is 1.11. The van der Waals surface area contributed by atoms with Crippen molar-refractivity contribution < 1.29 is 0 Å². The summed E-state index contributed by atoms with van der Waals surface area (Å²) in [6.07, 6.45) is 7.41. The highest BCUT2D eigenvalue weighted by Gasteiger charge is 1.76. The van der Waals surface area contributed by atoms with Gasteiger partial charge in [-0.2, -0.15) is 0 Å². The van der Waals surface area contributed by atoms with Crippen LogP contribution in [0.5, 0.6) is 0 Å². The van der Waals surface area contributed by atoms with E-state index in [-0.39, 0.29) is 0 Å². The molecule has 0 aromatic heterocycles. The van der Waals surface area contributed by atoms with Crippen molar-refractivity contribution in [2.75, 3.05) is 0 Å². The molecular weight excluding hydrogens is 72.1 g/mol. The maximum absolute atomic E-state index is 2.12. The predicted octanol–water partition coefficient (Wildman–Crippen LogP) is 2.03. The lowest BCUT2D eigenvalue weighted by molar-refractivity contribution is 1.11. The Labute approximate surface area is 40.6 Å². The topological polar surface area (TPSA) is 0 Å². The standard InChI is InChI=1S/C6H11/c1-3-5-6-4-2/h3-5H,6H2,1-2H3. The molecular formula is C6H11. The van der Waals surface area contributed by atoms with Gasteiger partial charge in [0.15, 0.2) is 0 Å². The molecule has 0 spiro atoms. The van der Waals surface area contributed by atoms with Gasteiger partial charge in [-0.1, -0.05) is 13.8 Å². The molecule has 0 aliphatic carbocycles. The summed E-state index contributed by atoms with van der Waals surface area (Å²) in [4.78, 5) is 0. The molecule has 0 fully saturated rings. The van der Waals surface area contributed by atoms with Crippen molar-refractivity contribution in [3.05, 3.63) is 19.3 Å². The molecule has 0 saturated heterocycles. The summed E-state index contributed by atoms with van der Waals surface area (Å²) in [5.74, 6) is 0. The third kappa shape index (κ3) is 4.00. The second-order valence-corrected chi connectivity index (χ2v) is 1.21. The summed E-state index contributed by atoms with van der Waals surface area (Å²) in [6.45, 7) is 4.09. The van der Waals surface area contributed by atoms with Crippen LogP contribution in [0.15, 0.2) is 0 Å². The van der Waals surface area contributed by atoms with E-state index in [1.165, 1.54) is 0 Å². The van der Waals surface area contributed by atoms with Gasteiger partial charge in [-0.25, -0.2) is 0 Å². The monoisotopic (exact) mass is 83.1 g/mol. The third-order valence-electron chi connectivity index (χ3n) is 0.607. The SMILES string of the molecule is C[CH][CH]C[CH]C. The molecule has 0 N–H and O–H groups in total. The minimum absolute atomic E-state index is 1.11. The van der Waals surface area contributed by atoms with E-state index in [0.29, 0.717) is 0 Å². The van der Waals surface area contributed by atoms with Crippen LogP contribution in [-0.2, 0) is 0 Å². The maximum atomic E-state index is 2.12. The Hall–Kier alpha value is 0. The van der Waals surface area contributed by atoms with Gasteiger partial charge in [0, 0.05) is 0 Å².